The zero-order chi connectivity index (χ0) is 45.3. The molecule has 0 spiro atoms. The van der Waals surface area contributed by atoms with Crippen molar-refractivity contribution in [2.24, 2.45) is 0 Å². The normalized spacial score (nSPS) is 25.6. The van der Waals surface area contributed by atoms with Crippen molar-refractivity contribution in [3.8, 4) is 0 Å². The molecule has 4 aromatic carbocycles. The maximum absolute atomic E-state index is 12.0. The van der Waals surface area contributed by atoms with Crippen molar-refractivity contribution in [2.45, 2.75) is 117 Å². The van der Waals surface area contributed by atoms with Gasteiger partial charge in [-0.05, 0) is 96.5 Å². The van der Waals surface area contributed by atoms with E-state index in [4.69, 9.17) is 0 Å². The first-order valence-electron chi connectivity index (χ1n) is 20.9. The van der Waals surface area contributed by atoms with Gasteiger partial charge in [0.15, 0.2) is 0 Å². The minimum Gasteiger partial charge on any atom is -0.744 e. The summed E-state index contributed by atoms with van der Waals surface area (Å²) in [6.45, 7) is 0. The van der Waals surface area contributed by atoms with E-state index in [1.807, 2.05) is 0 Å². The van der Waals surface area contributed by atoms with Crippen LogP contribution in [0.5, 0.6) is 0 Å². The van der Waals surface area contributed by atoms with Gasteiger partial charge in [0.2, 0.25) is 0 Å². The summed E-state index contributed by atoms with van der Waals surface area (Å²) in [4.78, 5) is -1.44. The molecule has 8 bridgehead atoms. The third-order valence-electron chi connectivity index (χ3n) is 13.8. The van der Waals surface area contributed by atoms with Crippen LogP contribution < -0.4 is 139 Å². The summed E-state index contributed by atoms with van der Waals surface area (Å²) in [7, 11) is -18.9. The topological polar surface area (TPSA) is 655 Å². The second kappa shape index (κ2) is 37.8. The minimum atomic E-state index is -4.73. The first kappa shape index (κ1) is 95.7. The number of nitrogens with one attached hydrogen (secondary N) is 4. The number of rotatable bonds is 8. The third kappa shape index (κ3) is 20.8. The van der Waals surface area contributed by atoms with E-state index in [9.17, 15) is 51.9 Å². The summed E-state index contributed by atoms with van der Waals surface area (Å²) >= 11 is 0. The largest absolute Gasteiger partial charge is 1.00 e. The van der Waals surface area contributed by atoms with E-state index in [1.165, 1.54) is 48.5 Å². The molecule has 28 N–H and O–H groups in total. The molecule has 3 fully saturated rings. The molecule has 28 nitrogen and oxygen atoms in total. The van der Waals surface area contributed by atoms with E-state index >= 15 is 0 Å². The third-order valence-corrected chi connectivity index (χ3v) is 17.1. The van der Waals surface area contributed by atoms with Gasteiger partial charge in [-0.2, -0.15) is 0 Å². The van der Waals surface area contributed by atoms with Gasteiger partial charge in [0, 0.05) is 72.0 Å². The van der Waals surface area contributed by atoms with Crippen LogP contribution in [0.4, 0.5) is 0 Å². The molecule has 0 amide bonds. The predicted molar refractivity (Wildman–Crippen MR) is 272 cm³/mol. The van der Waals surface area contributed by atoms with Crippen molar-refractivity contribution in [3.05, 3.63) is 144 Å². The Morgan fingerprint density at radius 3 is 0.562 bits per heavy atom. The van der Waals surface area contributed by atoms with E-state index in [-0.39, 0.29) is 276 Å². The Kier molecular flexibility index (Phi) is 45.2. The van der Waals surface area contributed by atoms with Crippen molar-refractivity contribution in [1.29, 1.82) is 0 Å². The molecule has 0 radical (unpaired) electrons. The molecule has 5 aliphatic rings. The Labute approximate surface area is 552 Å². The molecule has 5 aliphatic heterocycles. The first-order chi connectivity index (χ1) is 30.2. The zero-order valence-corrected chi connectivity index (χ0v) is 55.1. The van der Waals surface area contributed by atoms with Gasteiger partial charge in [-0.1, -0.05) is 72.8 Å². The maximum atomic E-state index is 12.0. The maximum Gasteiger partial charge on any atom is 1.00 e. The number of hydrogen-bond acceptors (Lipinski definition) is 16. The van der Waals surface area contributed by atoms with Gasteiger partial charge in [-0.15, -0.1) is 0 Å². The fraction of sp³-hybridized carbons (Fsp3) is 0.364. The first-order valence-corrected chi connectivity index (χ1v) is 26.5. The van der Waals surface area contributed by atoms with Crippen LogP contribution in [0.25, 0.3) is 0 Å². The monoisotopic (exact) mass is 1260 g/mol. The minimum absolute atomic E-state index is 0. The SMILES string of the molecule is O.O.O.O.O.O.O.O.O.O.O.O.O=S(=O)([O-])c1ccc(C2C3C=CC(N3)C(c3ccc(S(=O)(=O)[O-])cc3)C3CCC(N3)C(c3ccc(S(=O)(=O)[O-])cc3)C3C=CC(N3)C(c3ccc(S(=O)(=O)[O-])cc3)C3CCC2N3)cc1.[Na+].[Na+].[Na+].[Na+]. The molecule has 80 heavy (non-hydrogen) atoms. The van der Waals surface area contributed by atoms with E-state index in [1.54, 1.807) is 48.5 Å². The van der Waals surface area contributed by atoms with Crippen LogP contribution in [0.3, 0.4) is 0 Å². The fourth-order valence-corrected chi connectivity index (χ4v) is 12.8. The molecule has 5 heterocycles. The summed E-state index contributed by atoms with van der Waals surface area (Å²) in [5.41, 5.74) is 3.09. The van der Waals surface area contributed by atoms with Gasteiger partial charge in [0.25, 0.3) is 0 Å². The van der Waals surface area contributed by atoms with Gasteiger partial charge in [-0.3, -0.25) is 0 Å². The molecular weight excluding hydrogens is 1190 g/mol. The molecule has 0 aromatic heterocycles. The van der Waals surface area contributed by atoms with E-state index in [2.05, 4.69) is 45.6 Å². The van der Waals surface area contributed by atoms with Gasteiger partial charge in [0.1, 0.15) is 40.5 Å². The molecular formula is C44H68N4Na4O24S4. The molecule has 36 heteroatoms. The summed E-state index contributed by atoms with van der Waals surface area (Å²) in [5, 5.41) is 15.4. The standard InChI is InChI=1S/C44H48N4O12S4.4Na.12H2O/c49-61(50,51)29-9-1-25(2-10-29)41-33-17-19-35(45-33)42(26-3-11-30(12-4-26)62(52,53)54)37-21-23-39(47-37)44(28-7-15-32(16-8-28)64(58,59)60)40-24-22-38(48-40)43(36-20-18-34(41)46-36)27-5-13-31(14-6-27)63(55,56)57;;;;;;;;;;;;;;;;/h1-17,19,22,24,33-48H,18,20-21,23H2,(H,49,50,51)(H,52,53,54)(H,55,56,57)(H,58,59,60);;;;;12*1H2/q;4*+1;;;;;;;;;;;;/p-4. The molecule has 12 unspecified atom stereocenters. The summed E-state index contributed by atoms with van der Waals surface area (Å²) in [5.74, 6) is -1.23. The smallest absolute Gasteiger partial charge is 0.744 e. The van der Waals surface area contributed by atoms with Crippen molar-refractivity contribution in [1.82, 2.24) is 21.3 Å². The Hall–Kier alpha value is -0.640. The summed E-state index contributed by atoms with van der Waals surface area (Å²) < 4.78 is 144. The number of benzene rings is 4. The van der Waals surface area contributed by atoms with Gasteiger partial charge in [0.05, 0.1) is 19.6 Å². The van der Waals surface area contributed by atoms with Gasteiger partial charge < -0.3 is 105 Å². The quantitative estimate of drug-likeness (QED) is 0.0723. The van der Waals surface area contributed by atoms with Crippen LogP contribution in [-0.4, -0.2) is 166 Å². The van der Waals surface area contributed by atoms with Crippen molar-refractivity contribution >= 4 is 40.5 Å². The zero-order valence-electron chi connectivity index (χ0n) is 43.8. The van der Waals surface area contributed by atoms with Crippen LogP contribution >= 0.6 is 0 Å². The Bertz CT molecular complexity index is 2570. The van der Waals surface area contributed by atoms with Crippen molar-refractivity contribution in [2.75, 3.05) is 0 Å². The van der Waals surface area contributed by atoms with Crippen LogP contribution in [0.2, 0.25) is 0 Å². The molecule has 4 aromatic rings. The molecule has 436 valence electrons. The number of fused-ring (bicyclic) bond motifs is 8. The number of hydrogen-bond donors (Lipinski definition) is 4. The van der Waals surface area contributed by atoms with Crippen molar-refractivity contribution < 1.29 is 236 Å². The van der Waals surface area contributed by atoms with Gasteiger partial charge >= 0.3 is 118 Å². The van der Waals surface area contributed by atoms with Crippen LogP contribution in [0, 0.1) is 0 Å². The fourth-order valence-electron chi connectivity index (χ4n) is 11.0. The average Bonchev–Trinajstić information content (AvgIpc) is 4.08. The van der Waals surface area contributed by atoms with Crippen LogP contribution in [0.15, 0.2) is 141 Å². The predicted octanol–water partition coefficient (Wildman–Crippen LogP) is -19.1. The Morgan fingerprint density at radius 2 is 0.425 bits per heavy atom. The van der Waals surface area contributed by atoms with E-state index < -0.39 is 40.5 Å². The molecule has 9 rings (SSSR count). The summed E-state index contributed by atoms with van der Waals surface area (Å²) in [6.07, 6.45) is 10.9. The average molecular weight is 1260 g/mol. The second-order valence-corrected chi connectivity index (χ2v) is 22.8. The van der Waals surface area contributed by atoms with Crippen LogP contribution in [0.1, 0.15) is 71.6 Å². The molecule has 3 saturated heterocycles. The second-order valence-electron chi connectivity index (χ2n) is 17.3. The van der Waals surface area contributed by atoms with E-state index in [0.29, 0.717) is 25.7 Å². The Morgan fingerprint density at radius 1 is 0.275 bits per heavy atom. The molecule has 12 atom stereocenters. The van der Waals surface area contributed by atoms with Crippen molar-refractivity contribution in [3.63, 3.8) is 0 Å². The Balaban J connectivity index is -0.000000540. The summed E-state index contributed by atoms with van der Waals surface area (Å²) in [6, 6.07) is 21.5. The van der Waals surface area contributed by atoms with Crippen LogP contribution in [-0.2, 0) is 40.5 Å². The molecule has 0 aliphatic carbocycles. The van der Waals surface area contributed by atoms with E-state index in [0.717, 1.165) is 22.3 Å². The van der Waals surface area contributed by atoms with Gasteiger partial charge in [-0.25, -0.2) is 33.7 Å². The molecule has 0 saturated carbocycles.